The predicted molar refractivity (Wildman–Crippen MR) is 115 cm³/mol. The molecule has 1 amide bonds. The van der Waals surface area contributed by atoms with Gasteiger partial charge in [0.2, 0.25) is 5.91 Å². The summed E-state index contributed by atoms with van der Waals surface area (Å²) < 4.78 is 5.70. The Morgan fingerprint density at radius 3 is 2.85 bits per heavy atom. The van der Waals surface area contributed by atoms with Gasteiger partial charge in [-0.05, 0) is 37.1 Å². The minimum Gasteiger partial charge on any atom is -0.492 e. The number of nitrogens with one attached hydrogen (secondary N) is 2. The Kier molecular flexibility index (Phi) is 7.82. The Morgan fingerprint density at radius 1 is 1.42 bits per heavy atom. The van der Waals surface area contributed by atoms with Gasteiger partial charge < -0.3 is 20.3 Å². The van der Waals surface area contributed by atoms with E-state index in [2.05, 4.69) is 20.5 Å². The summed E-state index contributed by atoms with van der Waals surface area (Å²) in [6, 6.07) is 7.34. The third-order valence-corrected chi connectivity index (χ3v) is 5.09. The highest BCUT2D eigenvalue weighted by Crippen LogP contribution is 2.35. The number of likely N-dealkylation sites (tertiary alicyclic amines) is 1. The number of halogens is 2. The number of nitrogens with zero attached hydrogens (tertiary/aromatic N) is 2. The Labute approximate surface area is 176 Å². The zero-order valence-corrected chi connectivity index (χ0v) is 18.0. The summed E-state index contributed by atoms with van der Waals surface area (Å²) in [5, 5.41) is 7.03. The van der Waals surface area contributed by atoms with Crippen molar-refractivity contribution in [3.05, 3.63) is 29.3 Å². The first-order valence-corrected chi connectivity index (χ1v) is 9.09. The summed E-state index contributed by atoms with van der Waals surface area (Å²) in [5.74, 6) is 1.84. The first-order valence-electron chi connectivity index (χ1n) is 8.71. The molecule has 0 aliphatic carbocycles. The van der Waals surface area contributed by atoms with E-state index in [1.807, 2.05) is 24.3 Å². The molecule has 1 aromatic rings. The second-order valence-electron chi connectivity index (χ2n) is 6.75. The number of ether oxygens (including phenoxy) is 1. The van der Waals surface area contributed by atoms with Crippen molar-refractivity contribution in [2.75, 3.05) is 39.8 Å². The maximum Gasteiger partial charge on any atom is 0.220 e. The van der Waals surface area contributed by atoms with E-state index >= 15 is 0 Å². The summed E-state index contributed by atoms with van der Waals surface area (Å²) in [6.07, 6.45) is 2.80. The van der Waals surface area contributed by atoms with E-state index < -0.39 is 0 Å². The Balaban J connectivity index is 0.00000243. The van der Waals surface area contributed by atoms with Crippen LogP contribution in [-0.2, 0) is 4.79 Å². The van der Waals surface area contributed by atoms with E-state index in [1.165, 1.54) is 0 Å². The van der Waals surface area contributed by atoms with Crippen LogP contribution in [0.15, 0.2) is 29.3 Å². The Morgan fingerprint density at radius 2 is 2.19 bits per heavy atom. The highest BCUT2D eigenvalue weighted by molar-refractivity contribution is 14.0. The van der Waals surface area contributed by atoms with Gasteiger partial charge in [-0.1, -0.05) is 11.6 Å². The first-order chi connectivity index (χ1) is 12.1. The van der Waals surface area contributed by atoms with Crippen LogP contribution in [0.5, 0.6) is 5.75 Å². The summed E-state index contributed by atoms with van der Waals surface area (Å²) in [4.78, 5) is 18.3. The molecule has 1 unspecified atom stereocenters. The molecule has 2 aliphatic heterocycles. The molecule has 6 nitrogen and oxygen atoms in total. The van der Waals surface area contributed by atoms with E-state index in [1.54, 1.807) is 7.05 Å². The molecule has 1 spiro atoms. The van der Waals surface area contributed by atoms with Gasteiger partial charge in [-0.2, -0.15) is 0 Å². The van der Waals surface area contributed by atoms with Crippen molar-refractivity contribution in [1.82, 2.24) is 15.5 Å². The Bertz CT molecular complexity index is 641. The number of hydrogen-bond acceptors (Lipinski definition) is 3. The van der Waals surface area contributed by atoms with Crippen molar-refractivity contribution in [3.8, 4) is 5.75 Å². The first kappa shape index (κ1) is 21.1. The number of amides is 1. The molecule has 0 aromatic heterocycles. The number of benzene rings is 1. The SMILES string of the molecule is CN=C(NCCOc1ccc(Cl)cc1)N1CCCC2(CNC(=O)C2)C1.I. The van der Waals surface area contributed by atoms with Crippen molar-refractivity contribution >= 4 is 47.4 Å². The topological polar surface area (TPSA) is 66.0 Å². The van der Waals surface area contributed by atoms with Crippen molar-refractivity contribution in [2.45, 2.75) is 19.3 Å². The number of piperidine rings is 1. The zero-order valence-electron chi connectivity index (χ0n) is 15.0. The van der Waals surface area contributed by atoms with Crippen molar-refractivity contribution in [1.29, 1.82) is 0 Å². The quantitative estimate of drug-likeness (QED) is 0.293. The molecule has 2 N–H and O–H groups in total. The van der Waals surface area contributed by atoms with E-state index in [0.29, 0.717) is 24.6 Å². The average molecular weight is 493 g/mol. The minimum atomic E-state index is 0. The van der Waals surface area contributed by atoms with Gasteiger partial charge in [0, 0.05) is 43.5 Å². The van der Waals surface area contributed by atoms with Crippen molar-refractivity contribution < 1.29 is 9.53 Å². The van der Waals surface area contributed by atoms with Crippen LogP contribution in [0.3, 0.4) is 0 Å². The second-order valence-corrected chi connectivity index (χ2v) is 7.19. The number of guanidine groups is 1. The van der Waals surface area contributed by atoms with Crippen LogP contribution in [0, 0.1) is 5.41 Å². The van der Waals surface area contributed by atoms with Crippen molar-refractivity contribution in [2.24, 2.45) is 10.4 Å². The Hall–Kier alpha value is -1.22. The number of carbonyl (C=O) groups excluding carboxylic acids is 1. The zero-order chi connectivity index (χ0) is 17.7. The third-order valence-electron chi connectivity index (χ3n) is 4.84. The molecule has 26 heavy (non-hydrogen) atoms. The van der Waals surface area contributed by atoms with E-state index in [-0.39, 0.29) is 35.3 Å². The molecule has 0 saturated carbocycles. The third kappa shape index (κ3) is 5.39. The lowest BCUT2D eigenvalue weighted by atomic mass is 9.79. The molecule has 1 atom stereocenters. The standard InChI is InChI=1S/C18H25ClN4O2.HI/c1-20-17(21-8-10-25-15-5-3-14(19)4-6-15)23-9-2-7-18(13-23)11-16(24)22-12-18;/h3-6H,2,7-13H2,1H3,(H,20,21)(H,22,24);1H. The fourth-order valence-electron chi connectivity index (χ4n) is 3.62. The van der Waals surface area contributed by atoms with E-state index in [9.17, 15) is 4.79 Å². The highest BCUT2D eigenvalue weighted by atomic mass is 127. The van der Waals surface area contributed by atoms with Gasteiger partial charge in [0.15, 0.2) is 5.96 Å². The van der Waals surface area contributed by atoms with Gasteiger partial charge in [-0.15, -0.1) is 24.0 Å². The molecule has 0 radical (unpaired) electrons. The lowest BCUT2D eigenvalue weighted by Gasteiger charge is -2.40. The smallest absolute Gasteiger partial charge is 0.220 e. The van der Waals surface area contributed by atoms with E-state index in [0.717, 1.165) is 44.2 Å². The van der Waals surface area contributed by atoms with Crippen LogP contribution in [0.1, 0.15) is 19.3 Å². The molecule has 144 valence electrons. The van der Waals surface area contributed by atoms with Gasteiger partial charge >= 0.3 is 0 Å². The second kappa shape index (κ2) is 9.64. The summed E-state index contributed by atoms with van der Waals surface area (Å²) in [6.45, 7) is 3.81. The van der Waals surface area contributed by atoms with Gasteiger partial charge in [-0.25, -0.2) is 0 Å². The van der Waals surface area contributed by atoms with Crippen LogP contribution < -0.4 is 15.4 Å². The average Bonchev–Trinajstić information content (AvgIpc) is 2.96. The monoisotopic (exact) mass is 492 g/mol. The van der Waals surface area contributed by atoms with Crippen LogP contribution in [0.25, 0.3) is 0 Å². The number of hydrogen-bond donors (Lipinski definition) is 2. The maximum absolute atomic E-state index is 11.6. The summed E-state index contributed by atoms with van der Waals surface area (Å²) >= 11 is 5.87. The van der Waals surface area contributed by atoms with Crippen LogP contribution in [0.4, 0.5) is 0 Å². The molecule has 2 fully saturated rings. The maximum atomic E-state index is 11.6. The number of rotatable bonds is 4. The van der Waals surface area contributed by atoms with Gasteiger partial charge in [0.05, 0.1) is 6.54 Å². The van der Waals surface area contributed by atoms with Crippen LogP contribution >= 0.6 is 35.6 Å². The molecule has 0 bridgehead atoms. The highest BCUT2D eigenvalue weighted by Gasteiger charge is 2.42. The minimum absolute atomic E-state index is 0. The summed E-state index contributed by atoms with van der Waals surface area (Å²) in [5.41, 5.74) is 0.0623. The summed E-state index contributed by atoms with van der Waals surface area (Å²) in [7, 11) is 1.79. The molecule has 8 heteroatoms. The predicted octanol–water partition coefficient (Wildman–Crippen LogP) is 2.51. The van der Waals surface area contributed by atoms with Crippen LogP contribution in [-0.4, -0.2) is 56.6 Å². The molecular weight excluding hydrogens is 467 g/mol. The van der Waals surface area contributed by atoms with Crippen molar-refractivity contribution in [3.63, 3.8) is 0 Å². The van der Waals surface area contributed by atoms with E-state index in [4.69, 9.17) is 16.3 Å². The lowest BCUT2D eigenvalue weighted by Crippen LogP contribution is -2.51. The molecule has 2 aliphatic rings. The van der Waals surface area contributed by atoms with Gasteiger partial charge in [0.1, 0.15) is 12.4 Å². The normalized spacial score (nSPS) is 22.8. The molecule has 2 heterocycles. The molecular formula is C18H26ClIN4O2. The van der Waals surface area contributed by atoms with Crippen LogP contribution in [0.2, 0.25) is 5.02 Å². The fraction of sp³-hybridized carbons (Fsp3) is 0.556. The molecule has 3 rings (SSSR count). The van der Waals surface area contributed by atoms with Gasteiger partial charge in [0.25, 0.3) is 0 Å². The fourth-order valence-corrected chi connectivity index (χ4v) is 3.75. The lowest BCUT2D eigenvalue weighted by molar-refractivity contribution is -0.119. The number of aliphatic imine (C=N–C) groups is 1. The van der Waals surface area contributed by atoms with Gasteiger partial charge in [-0.3, -0.25) is 9.79 Å². The molecule has 2 saturated heterocycles. The molecule has 1 aromatic carbocycles. The number of carbonyl (C=O) groups is 1. The largest absolute Gasteiger partial charge is 0.492 e.